The number of primary amides is 1. The summed E-state index contributed by atoms with van der Waals surface area (Å²) in [4.78, 5) is 28.4. The third kappa shape index (κ3) is 4.66. The Labute approximate surface area is 162 Å². The minimum Gasteiger partial charge on any atom is -0.366 e. The van der Waals surface area contributed by atoms with E-state index in [-0.39, 0.29) is 17.2 Å². The third-order valence-corrected chi connectivity index (χ3v) is 5.43. The molecule has 0 fully saturated rings. The Kier molecular flexibility index (Phi) is 6.09. The largest absolute Gasteiger partial charge is 0.366 e. The molecule has 2 amide bonds. The van der Waals surface area contributed by atoms with Gasteiger partial charge in [-0.25, -0.2) is 4.98 Å². The van der Waals surface area contributed by atoms with Gasteiger partial charge in [-0.1, -0.05) is 30.3 Å². The molecule has 3 N–H and O–H groups in total. The molecule has 1 aliphatic rings. The highest BCUT2D eigenvalue weighted by molar-refractivity contribution is 8.00. The molecule has 0 saturated carbocycles. The topological polar surface area (TPSA) is 109 Å². The second-order valence-corrected chi connectivity index (χ2v) is 7.33. The summed E-state index contributed by atoms with van der Waals surface area (Å²) < 4.78 is 0. The van der Waals surface area contributed by atoms with E-state index in [2.05, 4.69) is 16.4 Å². The molecule has 0 spiro atoms. The highest BCUT2D eigenvalue weighted by atomic mass is 32.2. The molecule has 1 aromatic carbocycles. The number of aryl methyl sites for hydroxylation is 2. The summed E-state index contributed by atoms with van der Waals surface area (Å²) in [5, 5.41) is 12.7. The molecule has 0 saturated heterocycles. The van der Waals surface area contributed by atoms with Crippen molar-refractivity contribution in [2.45, 2.75) is 37.1 Å². The Hall–Kier alpha value is -2.85. The molecule has 3 rings (SSSR count). The van der Waals surface area contributed by atoms with Gasteiger partial charge in [-0.2, -0.15) is 5.26 Å². The maximum atomic E-state index is 12.3. The van der Waals surface area contributed by atoms with E-state index in [1.54, 1.807) is 24.3 Å². The van der Waals surface area contributed by atoms with Crippen molar-refractivity contribution in [3.8, 4) is 6.07 Å². The van der Waals surface area contributed by atoms with E-state index in [0.29, 0.717) is 16.3 Å². The highest BCUT2D eigenvalue weighted by Crippen LogP contribution is 2.27. The van der Waals surface area contributed by atoms with Gasteiger partial charge in [0, 0.05) is 5.69 Å². The number of carbonyl (C=O) groups is 2. The normalized spacial score (nSPS) is 13.1. The van der Waals surface area contributed by atoms with Crippen LogP contribution in [0.5, 0.6) is 0 Å². The van der Waals surface area contributed by atoms with Crippen LogP contribution in [-0.4, -0.2) is 22.6 Å². The standard InChI is InChI=1S/C20H20N4O2S/c21-11-14-10-13-6-2-1-3-8-16(13)24-20(14)27-12-18(25)23-17-9-5-4-7-15(17)19(22)26/h4-5,7,9-10H,1-3,6,8,12H2,(H2,22,26)(H,23,25). The number of hydrogen-bond donors (Lipinski definition) is 2. The fourth-order valence-electron chi connectivity index (χ4n) is 3.11. The average molecular weight is 380 g/mol. The molecule has 1 aliphatic carbocycles. The number of nitrogens with zero attached hydrogens (tertiary/aromatic N) is 2. The van der Waals surface area contributed by atoms with Gasteiger partial charge in [0.1, 0.15) is 11.1 Å². The minimum atomic E-state index is -0.599. The maximum absolute atomic E-state index is 12.3. The number of nitrogens with two attached hydrogens (primary N) is 1. The average Bonchev–Trinajstić information content (AvgIpc) is 2.90. The first kappa shape index (κ1) is 18.9. The minimum absolute atomic E-state index is 0.0908. The highest BCUT2D eigenvalue weighted by Gasteiger charge is 2.16. The summed E-state index contributed by atoms with van der Waals surface area (Å²) in [5.74, 6) is -0.792. The molecule has 0 radical (unpaired) electrons. The van der Waals surface area contributed by atoms with Crippen LogP contribution in [0, 0.1) is 11.3 Å². The van der Waals surface area contributed by atoms with Crippen LogP contribution in [0.25, 0.3) is 0 Å². The zero-order chi connectivity index (χ0) is 19.2. The third-order valence-electron chi connectivity index (χ3n) is 4.44. The molecule has 0 aliphatic heterocycles. The number of para-hydroxylation sites is 1. The van der Waals surface area contributed by atoms with Gasteiger partial charge in [0.15, 0.2) is 0 Å². The van der Waals surface area contributed by atoms with E-state index < -0.39 is 5.91 Å². The second-order valence-electron chi connectivity index (χ2n) is 6.37. The molecule has 1 heterocycles. The first-order valence-electron chi connectivity index (χ1n) is 8.83. The summed E-state index contributed by atoms with van der Waals surface area (Å²) in [5.41, 5.74) is 8.66. The molecule has 0 unspecified atom stereocenters. The first-order valence-corrected chi connectivity index (χ1v) is 9.81. The zero-order valence-corrected chi connectivity index (χ0v) is 15.6. The summed E-state index contributed by atoms with van der Waals surface area (Å²) >= 11 is 1.23. The summed E-state index contributed by atoms with van der Waals surface area (Å²) in [6, 6.07) is 10.7. The number of nitriles is 1. The van der Waals surface area contributed by atoms with Crippen LogP contribution >= 0.6 is 11.8 Å². The number of amides is 2. The van der Waals surface area contributed by atoms with Gasteiger partial charge >= 0.3 is 0 Å². The Morgan fingerprint density at radius 1 is 1.22 bits per heavy atom. The monoisotopic (exact) mass is 380 g/mol. The number of anilines is 1. The van der Waals surface area contributed by atoms with Crippen molar-refractivity contribution >= 4 is 29.3 Å². The number of aromatic nitrogens is 1. The van der Waals surface area contributed by atoms with Gasteiger partial charge in [0.25, 0.3) is 5.91 Å². The Morgan fingerprint density at radius 2 is 2.00 bits per heavy atom. The van der Waals surface area contributed by atoms with E-state index in [1.807, 2.05) is 6.07 Å². The number of nitrogens with one attached hydrogen (secondary N) is 1. The van der Waals surface area contributed by atoms with Crippen molar-refractivity contribution in [2.75, 3.05) is 11.1 Å². The van der Waals surface area contributed by atoms with Crippen molar-refractivity contribution in [2.24, 2.45) is 5.73 Å². The van der Waals surface area contributed by atoms with Crippen molar-refractivity contribution in [3.05, 3.63) is 52.7 Å². The second kappa shape index (κ2) is 8.69. The van der Waals surface area contributed by atoms with E-state index >= 15 is 0 Å². The van der Waals surface area contributed by atoms with E-state index in [0.717, 1.165) is 36.9 Å². The van der Waals surface area contributed by atoms with Crippen LogP contribution in [0.15, 0.2) is 35.4 Å². The van der Waals surface area contributed by atoms with Crippen molar-refractivity contribution in [1.29, 1.82) is 5.26 Å². The van der Waals surface area contributed by atoms with Crippen LogP contribution < -0.4 is 11.1 Å². The fraction of sp³-hybridized carbons (Fsp3) is 0.300. The number of thioether (sulfide) groups is 1. The molecule has 6 nitrogen and oxygen atoms in total. The van der Waals surface area contributed by atoms with Gasteiger partial charge in [0.05, 0.1) is 22.6 Å². The lowest BCUT2D eigenvalue weighted by molar-refractivity contribution is -0.113. The zero-order valence-electron chi connectivity index (χ0n) is 14.8. The predicted octanol–water partition coefficient (Wildman–Crippen LogP) is 3.05. The first-order chi connectivity index (χ1) is 13.1. The lowest BCUT2D eigenvalue weighted by atomic mass is 10.1. The lowest BCUT2D eigenvalue weighted by Gasteiger charge is -2.11. The van der Waals surface area contributed by atoms with Crippen LogP contribution in [0.3, 0.4) is 0 Å². The van der Waals surface area contributed by atoms with E-state index in [9.17, 15) is 14.9 Å². The number of hydrogen-bond acceptors (Lipinski definition) is 5. The molecule has 138 valence electrons. The van der Waals surface area contributed by atoms with Crippen LogP contribution in [0.1, 0.15) is 46.4 Å². The quantitative estimate of drug-likeness (QED) is 0.612. The number of benzene rings is 1. The maximum Gasteiger partial charge on any atom is 0.250 e. The Morgan fingerprint density at radius 3 is 2.78 bits per heavy atom. The van der Waals surface area contributed by atoms with Crippen molar-refractivity contribution in [3.63, 3.8) is 0 Å². The molecule has 27 heavy (non-hydrogen) atoms. The molecule has 7 heteroatoms. The summed E-state index contributed by atoms with van der Waals surface area (Å²) in [6.45, 7) is 0. The van der Waals surface area contributed by atoms with Crippen molar-refractivity contribution in [1.82, 2.24) is 4.98 Å². The number of carbonyl (C=O) groups excluding carboxylic acids is 2. The molecule has 0 bridgehead atoms. The van der Waals surface area contributed by atoms with Crippen molar-refractivity contribution < 1.29 is 9.59 Å². The Balaban J connectivity index is 1.71. The van der Waals surface area contributed by atoms with E-state index in [1.165, 1.54) is 18.2 Å². The fourth-order valence-corrected chi connectivity index (χ4v) is 3.88. The molecule has 0 atom stereocenters. The predicted molar refractivity (Wildman–Crippen MR) is 105 cm³/mol. The molecule has 1 aromatic heterocycles. The summed E-state index contributed by atoms with van der Waals surface area (Å²) in [7, 11) is 0. The van der Waals surface area contributed by atoms with Crippen LogP contribution in [0.2, 0.25) is 0 Å². The molecule has 2 aromatic rings. The number of fused-ring (bicyclic) bond motifs is 1. The molecular weight excluding hydrogens is 360 g/mol. The smallest absolute Gasteiger partial charge is 0.250 e. The van der Waals surface area contributed by atoms with E-state index in [4.69, 9.17) is 5.73 Å². The SMILES string of the molecule is N#Cc1cc2c(nc1SCC(=O)Nc1ccccc1C(N)=O)CCCCC2. The van der Waals surface area contributed by atoms with Crippen LogP contribution in [-0.2, 0) is 17.6 Å². The lowest BCUT2D eigenvalue weighted by Crippen LogP contribution is -2.19. The van der Waals surface area contributed by atoms with Crippen LogP contribution in [0.4, 0.5) is 5.69 Å². The van der Waals surface area contributed by atoms with Gasteiger partial charge in [-0.15, -0.1) is 0 Å². The van der Waals surface area contributed by atoms with Gasteiger partial charge in [-0.05, 0) is 49.4 Å². The molecular formula is C20H20N4O2S. The van der Waals surface area contributed by atoms with Gasteiger partial charge in [-0.3, -0.25) is 9.59 Å². The Bertz CT molecular complexity index is 921. The van der Waals surface area contributed by atoms with Gasteiger partial charge < -0.3 is 11.1 Å². The van der Waals surface area contributed by atoms with Gasteiger partial charge in [0.2, 0.25) is 5.91 Å². The number of rotatable bonds is 5. The number of pyridine rings is 1. The summed E-state index contributed by atoms with van der Waals surface area (Å²) in [6.07, 6.45) is 5.25.